The highest BCUT2D eigenvalue weighted by Gasteiger charge is 2.46. The number of nitrogens with one attached hydrogen (secondary N) is 2. The highest BCUT2D eigenvalue weighted by atomic mass is 16.5. The topological polar surface area (TPSA) is 106 Å². The van der Waals surface area contributed by atoms with Crippen LogP contribution in [0.3, 0.4) is 0 Å². The number of carbonyl (C=O) groups excluding carboxylic acids is 3. The van der Waals surface area contributed by atoms with Crippen LogP contribution in [0, 0.1) is 0 Å². The Morgan fingerprint density at radius 1 is 1.21 bits per heavy atom. The van der Waals surface area contributed by atoms with E-state index in [-0.39, 0.29) is 36.6 Å². The maximum absolute atomic E-state index is 13.2. The molecule has 2 N–H and O–H groups in total. The summed E-state index contributed by atoms with van der Waals surface area (Å²) in [7, 11) is 3.20. The number of carbonyl (C=O) groups is 3. The molecule has 1 aromatic heterocycles. The number of hydrogen-bond donors (Lipinski definition) is 2. The van der Waals surface area contributed by atoms with Crippen LogP contribution >= 0.6 is 0 Å². The average Bonchev–Trinajstić information content (AvgIpc) is 3.25. The number of aromatic nitrogens is 2. The molecule has 2 aromatic rings. The second-order valence-electron chi connectivity index (χ2n) is 9.01. The van der Waals surface area contributed by atoms with Crippen molar-refractivity contribution in [3.05, 3.63) is 47.3 Å². The normalized spacial score (nSPS) is 20.8. The second-order valence-corrected chi connectivity index (χ2v) is 9.01. The van der Waals surface area contributed by atoms with Crippen molar-refractivity contribution in [2.24, 2.45) is 0 Å². The molecule has 9 nitrogen and oxygen atoms in total. The van der Waals surface area contributed by atoms with Crippen LogP contribution in [-0.4, -0.2) is 58.1 Å². The minimum Gasteiger partial charge on any atom is -0.496 e. The van der Waals surface area contributed by atoms with E-state index in [2.05, 4.69) is 15.7 Å². The molecule has 176 valence electrons. The number of ether oxygens (including phenoxy) is 1. The number of rotatable bonds is 6. The standard InChI is InChI=1S/C24H31N5O4/c1-24(23(32)26-17-10-5-4-6-11-17)15-29-19(22(31)28(24)2)13-18(27-29)21(30)25-14-16-9-7-8-12-20(16)33-3/h7-9,12-13,17H,4-6,10-11,14-15H2,1-3H3,(H,25,30)(H,26,32). The first-order chi connectivity index (χ1) is 15.8. The highest BCUT2D eigenvalue weighted by Crippen LogP contribution is 2.27. The van der Waals surface area contributed by atoms with E-state index in [1.807, 2.05) is 24.3 Å². The lowest BCUT2D eigenvalue weighted by atomic mass is 9.92. The molecule has 33 heavy (non-hydrogen) atoms. The Kier molecular flexibility index (Phi) is 6.40. The summed E-state index contributed by atoms with van der Waals surface area (Å²) in [6.07, 6.45) is 5.33. The zero-order chi connectivity index (χ0) is 23.6. The second kappa shape index (κ2) is 9.25. The smallest absolute Gasteiger partial charge is 0.272 e. The zero-order valence-corrected chi connectivity index (χ0v) is 19.4. The first kappa shape index (κ1) is 22.8. The van der Waals surface area contributed by atoms with E-state index in [0.29, 0.717) is 11.4 Å². The molecule has 1 saturated carbocycles. The van der Waals surface area contributed by atoms with Crippen LogP contribution in [0.2, 0.25) is 0 Å². The van der Waals surface area contributed by atoms with E-state index in [9.17, 15) is 14.4 Å². The number of benzene rings is 1. The van der Waals surface area contributed by atoms with E-state index < -0.39 is 11.4 Å². The van der Waals surface area contributed by atoms with Crippen LogP contribution in [0.15, 0.2) is 30.3 Å². The van der Waals surface area contributed by atoms with Gasteiger partial charge in [-0.2, -0.15) is 5.10 Å². The van der Waals surface area contributed by atoms with Gasteiger partial charge in [0.25, 0.3) is 11.8 Å². The van der Waals surface area contributed by atoms with Crippen molar-refractivity contribution in [2.45, 2.75) is 63.7 Å². The van der Waals surface area contributed by atoms with Gasteiger partial charge in [-0.3, -0.25) is 19.1 Å². The summed E-state index contributed by atoms with van der Waals surface area (Å²) in [5, 5.41) is 10.3. The fourth-order valence-electron chi connectivity index (χ4n) is 4.54. The third-order valence-corrected chi connectivity index (χ3v) is 6.80. The maximum Gasteiger partial charge on any atom is 0.272 e. The molecule has 1 aliphatic heterocycles. The van der Waals surface area contributed by atoms with Crippen LogP contribution in [0.25, 0.3) is 0 Å². The average molecular weight is 454 g/mol. The SMILES string of the molecule is COc1ccccc1CNC(=O)c1cc2n(n1)CC(C)(C(=O)NC1CCCCC1)N(C)C2=O. The number of methoxy groups -OCH3 is 1. The molecule has 0 radical (unpaired) electrons. The Hall–Kier alpha value is -3.36. The molecule has 1 aliphatic carbocycles. The molecule has 2 aliphatic rings. The van der Waals surface area contributed by atoms with Crippen molar-refractivity contribution in [3.8, 4) is 5.75 Å². The van der Waals surface area contributed by atoms with Crippen LogP contribution in [0.4, 0.5) is 0 Å². The zero-order valence-electron chi connectivity index (χ0n) is 19.4. The van der Waals surface area contributed by atoms with Gasteiger partial charge < -0.3 is 20.3 Å². The molecule has 4 rings (SSSR count). The van der Waals surface area contributed by atoms with Gasteiger partial charge in [-0.1, -0.05) is 37.5 Å². The highest BCUT2D eigenvalue weighted by molar-refractivity contribution is 6.01. The molecule has 0 spiro atoms. The molecule has 3 amide bonds. The summed E-state index contributed by atoms with van der Waals surface area (Å²) in [6, 6.07) is 9.04. The molecule has 9 heteroatoms. The van der Waals surface area contributed by atoms with Crippen molar-refractivity contribution in [1.29, 1.82) is 0 Å². The Balaban J connectivity index is 1.48. The molecule has 0 saturated heterocycles. The number of amides is 3. The van der Waals surface area contributed by atoms with Crippen LogP contribution in [0.5, 0.6) is 5.75 Å². The van der Waals surface area contributed by atoms with Gasteiger partial charge in [0.15, 0.2) is 5.69 Å². The molecular weight excluding hydrogens is 422 g/mol. The van der Waals surface area contributed by atoms with Crippen molar-refractivity contribution in [3.63, 3.8) is 0 Å². The Labute approximate surface area is 193 Å². The van der Waals surface area contributed by atoms with Gasteiger partial charge in [0, 0.05) is 31.3 Å². The number of para-hydroxylation sites is 1. The fourth-order valence-corrected chi connectivity index (χ4v) is 4.54. The third kappa shape index (κ3) is 4.44. The van der Waals surface area contributed by atoms with Gasteiger partial charge >= 0.3 is 0 Å². The van der Waals surface area contributed by atoms with Crippen LogP contribution in [0.1, 0.15) is 65.6 Å². The summed E-state index contributed by atoms with van der Waals surface area (Å²) < 4.78 is 6.79. The first-order valence-corrected chi connectivity index (χ1v) is 11.4. The lowest BCUT2D eigenvalue weighted by Gasteiger charge is -2.41. The molecule has 2 heterocycles. The number of fused-ring (bicyclic) bond motifs is 1. The van der Waals surface area contributed by atoms with E-state index in [0.717, 1.165) is 31.2 Å². The van der Waals surface area contributed by atoms with Crippen LogP contribution in [-0.2, 0) is 17.9 Å². The minimum absolute atomic E-state index is 0.138. The van der Waals surface area contributed by atoms with Crippen molar-refractivity contribution < 1.29 is 19.1 Å². The van der Waals surface area contributed by atoms with Gasteiger partial charge in [-0.25, -0.2) is 0 Å². The lowest BCUT2D eigenvalue weighted by molar-refractivity contribution is -0.133. The molecule has 1 unspecified atom stereocenters. The minimum atomic E-state index is -1.08. The fraction of sp³-hybridized carbons (Fsp3) is 0.500. The third-order valence-electron chi connectivity index (χ3n) is 6.80. The summed E-state index contributed by atoms with van der Waals surface area (Å²) in [5.41, 5.74) is 0.181. The lowest BCUT2D eigenvalue weighted by Crippen LogP contribution is -2.63. The van der Waals surface area contributed by atoms with Gasteiger partial charge in [0.2, 0.25) is 5.91 Å². The van der Waals surface area contributed by atoms with E-state index in [1.54, 1.807) is 21.1 Å². The van der Waals surface area contributed by atoms with Crippen molar-refractivity contribution >= 4 is 17.7 Å². The Morgan fingerprint density at radius 3 is 2.67 bits per heavy atom. The van der Waals surface area contributed by atoms with Gasteiger partial charge in [-0.05, 0) is 25.8 Å². The van der Waals surface area contributed by atoms with Gasteiger partial charge in [0.05, 0.1) is 13.7 Å². The Morgan fingerprint density at radius 2 is 1.94 bits per heavy atom. The number of hydrogen-bond acceptors (Lipinski definition) is 5. The molecule has 0 bridgehead atoms. The van der Waals surface area contributed by atoms with Crippen molar-refractivity contribution in [2.75, 3.05) is 14.2 Å². The van der Waals surface area contributed by atoms with Gasteiger partial charge in [0.1, 0.15) is 17.0 Å². The largest absolute Gasteiger partial charge is 0.496 e. The maximum atomic E-state index is 13.2. The van der Waals surface area contributed by atoms with Gasteiger partial charge in [-0.15, -0.1) is 0 Å². The number of likely N-dealkylation sites (N-methyl/N-ethyl adjacent to an activating group) is 1. The molecule has 1 aromatic carbocycles. The number of nitrogens with zero attached hydrogens (tertiary/aromatic N) is 3. The molecular formula is C24H31N5O4. The van der Waals surface area contributed by atoms with E-state index >= 15 is 0 Å². The van der Waals surface area contributed by atoms with Crippen molar-refractivity contribution in [1.82, 2.24) is 25.3 Å². The summed E-state index contributed by atoms with van der Waals surface area (Å²) in [4.78, 5) is 40.4. The monoisotopic (exact) mass is 453 g/mol. The molecule has 1 atom stereocenters. The van der Waals surface area contributed by atoms with E-state index in [4.69, 9.17) is 4.74 Å². The predicted octanol–water partition coefficient (Wildman–Crippen LogP) is 2.11. The first-order valence-electron chi connectivity index (χ1n) is 11.4. The predicted molar refractivity (Wildman–Crippen MR) is 122 cm³/mol. The van der Waals surface area contributed by atoms with E-state index in [1.165, 1.54) is 22.1 Å². The summed E-state index contributed by atoms with van der Waals surface area (Å²) in [5.74, 6) is -0.238. The summed E-state index contributed by atoms with van der Waals surface area (Å²) >= 11 is 0. The quantitative estimate of drug-likeness (QED) is 0.697. The molecule has 1 fully saturated rings. The van der Waals surface area contributed by atoms with Crippen LogP contribution < -0.4 is 15.4 Å². The summed E-state index contributed by atoms with van der Waals surface area (Å²) in [6.45, 7) is 2.19. The Bertz CT molecular complexity index is 1060.